The fourth-order valence-corrected chi connectivity index (χ4v) is 8.49. The molecular weight excluding hydrogens is 721 g/mol. The van der Waals surface area contributed by atoms with Gasteiger partial charge in [0.25, 0.3) is 0 Å². The van der Waals surface area contributed by atoms with Crippen LogP contribution in [0.2, 0.25) is 0 Å². The van der Waals surface area contributed by atoms with E-state index >= 15 is 0 Å². The Labute approximate surface area is 334 Å². The van der Waals surface area contributed by atoms with E-state index in [2.05, 4.69) is 5.32 Å². The number of rotatable bonds is 17. The fraction of sp³-hybridized carbons (Fsp3) is 0.404. The summed E-state index contributed by atoms with van der Waals surface area (Å²) in [6, 6.07) is 34.3. The fourth-order valence-electron chi connectivity index (χ4n) is 8.49. The molecule has 1 unspecified atom stereocenters. The predicted octanol–water partition coefficient (Wildman–Crippen LogP) is 5.63. The van der Waals surface area contributed by atoms with Crippen LogP contribution in [0.4, 0.5) is 0 Å². The number of aliphatic hydroxyl groups excluding tert-OH is 1. The van der Waals surface area contributed by atoms with Gasteiger partial charge in [0.1, 0.15) is 19.0 Å². The summed E-state index contributed by atoms with van der Waals surface area (Å²) in [4.78, 5) is 56.3. The van der Waals surface area contributed by atoms with Gasteiger partial charge in [0.05, 0.1) is 24.6 Å². The van der Waals surface area contributed by atoms with E-state index in [0.29, 0.717) is 57.5 Å². The molecule has 2 fully saturated rings. The van der Waals surface area contributed by atoms with Crippen molar-refractivity contribution in [3.63, 3.8) is 0 Å². The molecule has 10 heteroatoms. The molecule has 57 heavy (non-hydrogen) atoms. The number of likely N-dealkylation sites (tertiary alicyclic amines) is 1. The number of nitrogens with one attached hydrogen (secondary N) is 1. The normalized spacial score (nSPS) is 21.1. The van der Waals surface area contributed by atoms with Crippen molar-refractivity contribution in [2.75, 3.05) is 33.0 Å². The van der Waals surface area contributed by atoms with Crippen LogP contribution < -0.4 is 10.1 Å². The van der Waals surface area contributed by atoms with Crippen LogP contribution in [0.25, 0.3) is 0 Å². The van der Waals surface area contributed by atoms with Gasteiger partial charge in [-0.25, -0.2) is 0 Å². The van der Waals surface area contributed by atoms with Crippen LogP contribution in [-0.2, 0) is 54.3 Å². The molecule has 10 nitrogen and oxygen atoms in total. The first-order valence-electron chi connectivity index (χ1n) is 20.2. The number of carbonyl (C=O) groups excluding carboxylic acids is 4. The number of hydrogen-bond acceptors (Lipinski definition) is 8. The number of carbonyl (C=O) groups is 4. The van der Waals surface area contributed by atoms with Gasteiger partial charge in [0.15, 0.2) is 5.78 Å². The predicted molar refractivity (Wildman–Crippen MR) is 214 cm³/mol. The number of ether oxygens (including phenoxy) is 3. The van der Waals surface area contributed by atoms with Crippen molar-refractivity contribution in [2.24, 2.45) is 17.8 Å². The quantitative estimate of drug-likeness (QED) is 0.104. The van der Waals surface area contributed by atoms with Gasteiger partial charge in [0.2, 0.25) is 11.8 Å². The minimum absolute atomic E-state index is 0.0336. The molecular formula is C47H52N2O8. The summed E-state index contributed by atoms with van der Waals surface area (Å²) in [6.07, 6.45) is 3.07. The molecule has 0 bridgehead atoms. The Hall–Kier alpha value is -5.32. The van der Waals surface area contributed by atoms with Crippen LogP contribution in [0.3, 0.4) is 0 Å². The molecule has 0 radical (unpaired) electrons. The molecule has 2 amide bonds. The lowest BCUT2D eigenvalue weighted by Crippen LogP contribution is -2.42. The molecule has 2 heterocycles. The van der Waals surface area contributed by atoms with Gasteiger partial charge in [-0.1, -0.05) is 97.1 Å². The molecule has 7 rings (SSSR count). The Morgan fingerprint density at radius 1 is 0.807 bits per heavy atom. The average molecular weight is 773 g/mol. The standard InChI is InChI=1S/C47H52N2O8/c50-40(31-49-39(27-33-11-5-2-6-12-33)28-38(46(49)53)26-32-9-3-1-4-10-32)29-37(45(52)48-44-42-14-8-7-13-36(42)30-43(44)51)25-34-15-17-41(18-16-34)56-23-24-57-47(54)35-19-21-55-22-20-35/h1-18,35,37-39,43-44,51H,19-31H2,(H,48,52)/t37-,38+,39+,43-,44?/m1/s1. The largest absolute Gasteiger partial charge is 0.490 e. The summed E-state index contributed by atoms with van der Waals surface area (Å²) in [5.41, 5.74) is 4.87. The summed E-state index contributed by atoms with van der Waals surface area (Å²) in [7, 11) is 0. The molecule has 0 spiro atoms. The molecule has 0 aromatic heterocycles. The minimum Gasteiger partial charge on any atom is -0.490 e. The molecule has 3 aliphatic rings. The number of nitrogens with zero attached hydrogens (tertiary/aromatic N) is 1. The maximum absolute atomic E-state index is 14.1. The van der Waals surface area contributed by atoms with Crippen LogP contribution in [0.15, 0.2) is 109 Å². The third-order valence-electron chi connectivity index (χ3n) is 11.5. The van der Waals surface area contributed by atoms with Crippen molar-refractivity contribution in [1.82, 2.24) is 10.2 Å². The molecule has 4 aromatic carbocycles. The number of ketones is 1. The highest BCUT2D eigenvalue weighted by Crippen LogP contribution is 2.33. The molecule has 1 aliphatic carbocycles. The minimum atomic E-state index is -0.780. The number of hydrogen-bond donors (Lipinski definition) is 2. The number of Topliss-reactive ketones (excluding diaryl/α,β-unsaturated/α-hetero) is 1. The van der Waals surface area contributed by atoms with Gasteiger partial charge in [-0.2, -0.15) is 0 Å². The molecule has 4 aromatic rings. The number of benzene rings is 4. The van der Waals surface area contributed by atoms with E-state index < -0.39 is 18.1 Å². The lowest BCUT2D eigenvalue weighted by atomic mass is 9.92. The highest BCUT2D eigenvalue weighted by molar-refractivity contribution is 5.92. The number of aliphatic hydroxyl groups is 1. The van der Waals surface area contributed by atoms with Crippen molar-refractivity contribution in [1.29, 1.82) is 0 Å². The van der Waals surface area contributed by atoms with Crippen LogP contribution in [0, 0.1) is 17.8 Å². The molecule has 298 valence electrons. The SMILES string of the molecule is O=C(C[C@@H](Cc1ccc(OCCOC(=O)C2CCOCC2)cc1)C(=O)NC1c2ccccc2C[C@H]1O)CN1C(=O)[C@@H](Cc2ccccc2)C[C@@H]1Cc1ccccc1. The Morgan fingerprint density at radius 2 is 1.47 bits per heavy atom. The second kappa shape index (κ2) is 19.2. The molecule has 2 aliphatic heterocycles. The van der Waals surface area contributed by atoms with Crippen molar-refractivity contribution in [3.05, 3.63) is 137 Å². The van der Waals surface area contributed by atoms with Crippen molar-refractivity contribution in [3.8, 4) is 5.75 Å². The van der Waals surface area contributed by atoms with E-state index in [0.717, 1.165) is 27.8 Å². The Bertz CT molecular complexity index is 1960. The zero-order chi connectivity index (χ0) is 39.6. The van der Waals surface area contributed by atoms with E-state index in [1.54, 1.807) is 17.0 Å². The van der Waals surface area contributed by atoms with E-state index in [9.17, 15) is 24.3 Å². The Morgan fingerprint density at radius 3 is 2.19 bits per heavy atom. The van der Waals surface area contributed by atoms with Crippen molar-refractivity contribution in [2.45, 2.75) is 69.6 Å². The zero-order valence-electron chi connectivity index (χ0n) is 32.3. The third kappa shape index (κ3) is 10.6. The maximum Gasteiger partial charge on any atom is 0.309 e. The summed E-state index contributed by atoms with van der Waals surface area (Å²) in [5, 5.41) is 14.0. The molecule has 2 N–H and O–H groups in total. The maximum atomic E-state index is 14.1. The van der Waals surface area contributed by atoms with Gasteiger partial charge in [0, 0.05) is 43.9 Å². The average Bonchev–Trinajstić information content (AvgIpc) is 3.70. The van der Waals surface area contributed by atoms with Crippen LogP contribution in [0.1, 0.15) is 59.5 Å². The molecule has 2 saturated heterocycles. The lowest BCUT2D eigenvalue weighted by molar-refractivity contribution is -0.152. The summed E-state index contributed by atoms with van der Waals surface area (Å²) >= 11 is 0. The first-order chi connectivity index (χ1) is 27.8. The van der Waals surface area contributed by atoms with E-state index in [4.69, 9.17) is 14.2 Å². The van der Waals surface area contributed by atoms with Gasteiger partial charge in [-0.05, 0) is 78.5 Å². The highest BCUT2D eigenvalue weighted by atomic mass is 16.6. The zero-order valence-corrected chi connectivity index (χ0v) is 32.3. The summed E-state index contributed by atoms with van der Waals surface area (Å²) in [6.45, 7) is 1.40. The summed E-state index contributed by atoms with van der Waals surface area (Å²) < 4.78 is 16.6. The first-order valence-corrected chi connectivity index (χ1v) is 20.2. The number of amides is 2. The van der Waals surface area contributed by atoms with Crippen LogP contribution >= 0.6 is 0 Å². The third-order valence-corrected chi connectivity index (χ3v) is 11.5. The van der Waals surface area contributed by atoms with Crippen LogP contribution in [-0.4, -0.2) is 78.7 Å². The number of fused-ring (bicyclic) bond motifs is 1. The number of esters is 1. The lowest BCUT2D eigenvalue weighted by Gasteiger charge is -2.26. The van der Waals surface area contributed by atoms with Gasteiger partial charge < -0.3 is 29.5 Å². The summed E-state index contributed by atoms with van der Waals surface area (Å²) in [5.74, 6) is -1.31. The molecule has 0 saturated carbocycles. The van der Waals surface area contributed by atoms with Crippen LogP contribution in [0.5, 0.6) is 5.75 Å². The van der Waals surface area contributed by atoms with E-state index in [1.807, 2.05) is 97.1 Å². The smallest absolute Gasteiger partial charge is 0.309 e. The van der Waals surface area contributed by atoms with E-state index in [1.165, 1.54) is 0 Å². The Balaban J connectivity index is 1.02. The molecule has 5 atom stereocenters. The van der Waals surface area contributed by atoms with E-state index in [-0.39, 0.29) is 74.0 Å². The topological polar surface area (TPSA) is 131 Å². The second-order valence-electron chi connectivity index (χ2n) is 15.6. The second-order valence-corrected chi connectivity index (χ2v) is 15.6. The van der Waals surface area contributed by atoms with Gasteiger partial charge in [-0.3, -0.25) is 19.2 Å². The van der Waals surface area contributed by atoms with Gasteiger partial charge in [-0.15, -0.1) is 0 Å². The highest BCUT2D eigenvalue weighted by Gasteiger charge is 2.41. The van der Waals surface area contributed by atoms with Crippen molar-refractivity contribution >= 4 is 23.6 Å². The first kappa shape index (κ1) is 39.9. The van der Waals surface area contributed by atoms with Crippen molar-refractivity contribution < 1.29 is 38.5 Å². The monoisotopic (exact) mass is 772 g/mol. The Kier molecular flexibility index (Phi) is 13.5. The van der Waals surface area contributed by atoms with Gasteiger partial charge >= 0.3 is 5.97 Å².